The number of nitrogens with zero attached hydrogens (tertiary/aromatic N) is 3. The van der Waals surface area contributed by atoms with Crippen molar-refractivity contribution in [3.63, 3.8) is 0 Å². The van der Waals surface area contributed by atoms with Gasteiger partial charge in [-0.3, -0.25) is 9.36 Å². The topological polar surface area (TPSA) is 107 Å². The Morgan fingerprint density at radius 2 is 1.95 bits per heavy atom. The molecule has 1 aliphatic carbocycles. The fraction of sp³-hybridized carbons (Fsp3) is 0.667. The zero-order chi connectivity index (χ0) is 15.8. The Kier molecular flexibility index (Phi) is 4.35. The van der Waals surface area contributed by atoms with Crippen LogP contribution >= 0.6 is 0 Å². The van der Waals surface area contributed by atoms with Crippen molar-refractivity contribution in [1.82, 2.24) is 13.4 Å². The molecule has 0 aromatic carbocycles. The third-order valence-corrected chi connectivity index (χ3v) is 5.47. The highest BCUT2D eigenvalue weighted by Crippen LogP contribution is 2.31. The van der Waals surface area contributed by atoms with Crippen LogP contribution < -0.4 is 17.0 Å². The molecule has 1 aromatic rings. The summed E-state index contributed by atoms with van der Waals surface area (Å²) < 4.78 is 28.7. The van der Waals surface area contributed by atoms with E-state index in [0.29, 0.717) is 13.0 Å². The van der Waals surface area contributed by atoms with Gasteiger partial charge in [0.05, 0.1) is 0 Å². The molecule has 1 heterocycles. The predicted octanol–water partition coefficient (Wildman–Crippen LogP) is -1.41. The summed E-state index contributed by atoms with van der Waals surface area (Å²) in [4.78, 5) is 23.4. The molecular weight excluding hydrogens is 296 g/mol. The van der Waals surface area contributed by atoms with E-state index < -0.39 is 21.3 Å². The molecule has 1 aliphatic rings. The first-order valence-electron chi connectivity index (χ1n) is 6.79. The van der Waals surface area contributed by atoms with Gasteiger partial charge >= 0.3 is 5.69 Å². The van der Waals surface area contributed by atoms with Crippen molar-refractivity contribution in [3.8, 4) is 0 Å². The summed E-state index contributed by atoms with van der Waals surface area (Å²) >= 11 is 0. The molecule has 1 aromatic heterocycles. The Balaban J connectivity index is 2.53. The number of aromatic nitrogens is 2. The van der Waals surface area contributed by atoms with E-state index in [-0.39, 0.29) is 17.5 Å². The number of sulfonamides is 1. The van der Waals surface area contributed by atoms with Crippen LogP contribution in [0.5, 0.6) is 0 Å². The van der Waals surface area contributed by atoms with Crippen LogP contribution in [0.1, 0.15) is 19.3 Å². The third kappa shape index (κ3) is 2.94. The lowest BCUT2D eigenvalue weighted by Gasteiger charge is -2.21. The predicted molar refractivity (Wildman–Crippen MR) is 77.5 cm³/mol. The fourth-order valence-electron chi connectivity index (χ4n) is 2.19. The molecule has 9 heteroatoms. The zero-order valence-electron chi connectivity index (χ0n) is 12.2. The molecule has 0 unspecified atom stereocenters. The molecule has 0 saturated heterocycles. The molecule has 0 amide bonds. The molecule has 1 fully saturated rings. The number of hydrogen-bond donors (Lipinski definition) is 1. The normalized spacial score (nSPS) is 15.6. The summed E-state index contributed by atoms with van der Waals surface area (Å²) in [5, 5.41) is 0. The van der Waals surface area contributed by atoms with E-state index in [2.05, 4.69) is 0 Å². The molecule has 2 rings (SSSR count). The average Bonchev–Trinajstić information content (AvgIpc) is 3.25. The molecule has 0 spiro atoms. The molecule has 0 bridgehead atoms. The first kappa shape index (κ1) is 15.9. The first-order chi connectivity index (χ1) is 9.80. The van der Waals surface area contributed by atoms with Crippen molar-refractivity contribution in [3.05, 3.63) is 27.0 Å². The maximum Gasteiger partial charge on any atom is 0.330 e. The van der Waals surface area contributed by atoms with E-state index in [9.17, 15) is 18.0 Å². The van der Waals surface area contributed by atoms with Gasteiger partial charge in [0, 0.05) is 32.9 Å². The van der Waals surface area contributed by atoms with Crippen LogP contribution in [0.25, 0.3) is 0 Å². The maximum absolute atomic E-state index is 12.7. The molecule has 0 radical (unpaired) electrons. The zero-order valence-corrected chi connectivity index (χ0v) is 13.0. The Hall–Kier alpha value is -1.45. The highest BCUT2D eigenvalue weighted by Gasteiger charge is 2.39. The summed E-state index contributed by atoms with van der Waals surface area (Å²) in [5.74, 6) is 0. The van der Waals surface area contributed by atoms with Gasteiger partial charge in [-0.2, -0.15) is 4.31 Å². The molecule has 8 nitrogen and oxygen atoms in total. The molecule has 1 saturated carbocycles. The van der Waals surface area contributed by atoms with E-state index in [4.69, 9.17) is 5.73 Å². The highest BCUT2D eigenvalue weighted by molar-refractivity contribution is 7.89. The van der Waals surface area contributed by atoms with Gasteiger partial charge in [0.25, 0.3) is 5.56 Å². The van der Waals surface area contributed by atoms with Crippen molar-refractivity contribution in [2.45, 2.75) is 30.2 Å². The molecule has 2 N–H and O–H groups in total. The smallest absolute Gasteiger partial charge is 0.330 e. The first-order valence-corrected chi connectivity index (χ1v) is 8.23. The number of nitrogens with two attached hydrogens (primary N) is 1. The van der Waals surface area contributed by atoms with Gasteiger partial charge < -0.3 is 10.3 Å². The van der Waals surface area contributed by atoms with E-state index >= 15 is 0 Å². The van der Waals surface area contributed by atoms with Crippen LogP contribution in [0.3, 0.4) is 0 Å². The van der Waals surface area contributed by atoms with Crippen molar-refractivity contribution >= 4 is 10.0 Å². The van der Waals surface area contributed by atoms with E-state index in [1.807, 2.05) is 0 Å². The Labute approximate surface area is 122 Å². The van der Waals surface area contributed by atoms with Gasteiger partial charge in [-0.1, -0.05) is 0 Å². The lowest BCUT2D eigenvalue weighted by atomic mass is 10.4. The number of hydrogen-bond acceptors (Lipinski definition) is 5. The van der Waals surface area contributed by atoms with Gasteiger partial charge in [0.2, 0.25) is 10.0 Å². The minimum absolute atomic E-state index is 0.0662. The summed E-state index contributed by atoms with van der Waals surface area (Å²) in [5.41, 5.74) is 4.09. The summed E-state index contributed by atoms with van der Waals surface area (Å²) in [6, 6.07) is -0.0662. The van der Waals surface area contributed by atoms with Crippen LogP contribution in [-0.2, 0) is 24.1 Å². The molecular formula is C12H20N4O4S. The van der Waals surface area contributed by atoms with E-state index in [1.54, 1.807) is 0 Å². The Morgan fingerprint density at radius 3 is 2.48 bits per heavy atom. The maximum atomic E-state index is 12.7. The van der Waals surface area contributed by atoms with Crippen LogP contribution in [0, 0.1) is 0 Å². The minimum atomic E-state index is -3.92. The van der Waals surface area contributed by atoms with Gasteiger partial charge in [0.15, 0.2) is 4.90 Å². The van der Waals surface area contributed by atoms with Gasteiger partial charge in [0.1, 0.15) is 0 Å². The lowest BCUT2D eigenvalue weighted by Crippen LogP contribution is -2.43. The standard InChI is InChI=1S/C12H20N4O4S/c1-14-8-10(11(17)15(2)12(14)18)21(19,20)16(7-3-6-13)9-4-5-9/h8-9H,3-7,13H2,1-2H3. The summed E-state index contributed by atoms with van der Waals surface area (Å²) in [6.45, 7) is 0.666. The van der Waals surface area contributed by atoms with Gasteiger partial charge in [-0.25, -0.2) is 13.2 Å². The third-order valence-electron chi connectivity index (χ3n) is 3.54. The van der Waals surface area contributed by atoms with Crippen LogP contribution in [0.2, 0.25) is 0 Å². The molecule has 21 heavy (non-hydrogen) atoms. The monoisotopic (exact) mass is 316 g/mol. The number of aryl methyl sites for hydroxylation is 1. The lowest BCUT2D eigenvalue weighted by molar-refractivity contribution is 0.397. The number of rotatable bonds is 6. The second kappa shape index (κ2) is 5.74. The van der Waals surface area contributed by atoms with Gasteiger partial charge in [-0.15, -0.1) is 0 Å². The summed E-state index contributed by atoms with van der Waals surface area (Å²) in [6.07, 6.45) is 3.20. The Bertz CT molecular complexity index is 746. The van der Waals surface area contributed by atoms with Crippen molar-refractivity contribution in [2.24, 2.45) is 19.8 Å². The average molecular weight is 316 g/mol. The molecule has 0 aliphatic heterocycles. The van der Waals surface area contributed by atoms with E-state index in [1.165, 1.54) is 18.4 Å². The van der Waals surface area contributed by atoms with Crippen molar-refractivity contribution < 1.29 is 8.42 Å². The highest BCUT2D eigenvalue weighted by atomic mass is 32.2. The van der Waals surface area contributed by atoms with E-state index in [0.717, 1.165) is 28.2 Å². The SMILES string of the molecule is Cn1cc(S(=O)(=O)N(CCCN)C2CC2)c(=O)n(C)c1=O. The second-order valence-corrected chi connectivity index (χ2v) is 7.10. The Morgan fingerprint density at radius 1 is 1.33 bits per heavy atom. The van der Waals surface area contributed by atoms with Crippen LogP contribution in [0.15, 0.2) is 20.7 Å². The summed E-state index contributed by atoms with van der Waals surface area (Å²) in [7, 11) is -1.23. The molecule has 0 atom stereocenters. The fourth-order valence-corrected chi connectivity index (χ4v) is 4.06. The molecule has 118 valence electrons. The van der Waals surface area contributed by atoms with Gasteiger partial charge in [-0.05, 0) is 25.8 Å². The quantitative estimate of drug-likeness (QED) is 0.693. The van der Waals surface area contributed by atoms with Crippen LogP contribution in [-0.4, -0.2) is 41.0 Å². The second-order valence-electron chi connectivity index (χ2n) is 5.24. The minimum Gasteiger partial charge on any atom is -0.330 e. The van der Waals surface area contributed by atoms with Crippen LogP contribution in [0.4, 0.5) is 0 Å². The van der Waals surface area contributed by atoms with Crippen molar-refractivity contribution in [2.75, 3.05) is 13.1 Å². The van der Waals surface area contributed by atoms with Crippen molar-refractivity contribution in [1.29, 1.82) is 0 Å². The largest absolute Gasteiger partial charge is 0.330 e.